The fraction of sp³-hybridized carbons (Fsp3) is 0.385. The van der Waals surface area contributed by atoms with Crippen LogP contribution in [0.5, 0.6) is 0 Å². The van der Waals surface area contributed by atoms with Crippen molar-refractivity contribution in [3.63, 3.8) is 0 Å². The number of carboxylic acid groups (broad SMARTS) is 1. The average Bonchev–Trinajstić information content (AvgIpc) is 3.41. The summed E-state index contributed by atoms with van der Waals surface area (Å²) in [6.45, 7) is 3.23. The zero-order valence-electron chi connectivity index (χ0n) is 19.7. The number of carbonyl (C=O) groups excluding carboxylic acids is 1. The number of rotatable bonds is 10. The summed E-state index contributed by atoms with van der Waals surface area (Å²) < 4.78 is 19.6. The van der Waals surface area contributed by atoms with E-state index in [0.717, 1.165) is 5.56 Å². The van der Waals surface area contributed by atoms with Crippen LogP contribution >= 0.6 is 11.6 Å². The molecule has 2 aromatic rings. The van der Waals surface area contributed by atoms with Gasteiger partial charge in [0.1, 0.15) is 11.5 Å². The van der Waals surface area contributed by atoms with Crippen LogP contribution < -0.4 is 5.32 Å². The molecule has 2 aromatic carbocycles. The Hall–Kier alpha value is -3.14. The SMILES string of the molecule is O=C(N[C@H](Cc1ccc(-c2cc(Cl)ccc2F)cc1)C[C@@H](CN1CCOCC1)C(=O)O)C1=CCN=N1. The van der Waals surface area contributed by atoms with E-state index in [-0.39, 0.29) is 23.8 Å². The molecular weight excluding hydrogens is 487 g/mol. The smallest absolute Gasteiger partial charge is 0.307 e. The highest BCUT2D eigenvalue weighted by molar-refractivity contribution is 6.30. The number of aliphatic carboxylic acids is 1. The summed E-state index contributed by atoms with van der Waals surface area (Å²) in [4.78, 5) is 26.9. The molecule has 2 aliphatic rings. The van der Waals surface area contributed by atoms with Crippen LogP contribution in [-0.4, -0.2) is 67.3 Å². The fourth-order valence-electron chi connectivity index (χ4n) is 4.39. The predicted molar refractivity (Wildman–Crippen MR) is 133 cm³/mol. The number of carboxylic acids is 1. The first kappa shape index (κ1) is 25.9. The van der Waals surface area contributed by atoms with E-state index in [1.807, 2.05) is 12.1 Å². The lowest BCUT2D eigenvalue weighted by molar-refractivity contribution is -0.143. The van der Waals surface area contributed by atoms with Gasteiger partial charge in [0.25, 0.3) is 5.91 Å². The molecule has 0 unspecified atom stereocenters. The topological polar surface area (TPSA) is 104 Å². The van der Waals surface area contributed by atoms with Gasteiger partial charge in [-0.1, -0.05) is 35.9 Å². The maximum atomic E-state index is 14.3. The molecule has 0 saturated carbocycles. The molecule has 0 spiro atoms. The predicted octanol–water partition coefficient (Wildman–Crippen LogP) is 3.95. The van der Waals surface area contributed by atoms with Gasteiger partial charge in [-0.3, -0.25) is 14.5 Å². The molecule has 0 aromatic heterocycles. The van der Waals surface area contributed by atoms with Crippen molar-refractivity contribution < 1.29 is 23.8 Å². The second-order valence-electron chi connectivity index (χ2n) is 8.89. The maximum Gasteiger partial charge on any atom is 0.307 e. The van der Waals surface area contributed by atoms with Crippen molar-refractivity contribution in [2.45, 2.75) is 18.9 Å². The summed E-state index contributed by atoms with van der Waals surface area (Å²) in [5, 5.41) is 21.0. The number of nitrogens with zero attached hydrogens (tertiary/aromatic N) is 3. The van der Waals surface area contributed by atoms with Gasteiger partial charge in [0.05, 0.1) is 25.7 Å². The lowest BCUT2D eigenvalue weighted by Crippen LogP contribution is -2.44. The lowest BCUT2D eigenvalue weighted by atomic mass is 9.93. The van der Waals surface area contributed by atoms with Crippen molar-refractivity contribution in [1.29, 1.82) is 0 Å². The molecule has 1 fully saturated rings. The summed E-state index contributed by atoms with van der Waals surface area (Å²) >= 11 is 6.03. The van der Waals surface area contributed by atoms with Gasteiger partial charge in [0.15, 0.2) is 0 Å². The first-order valence-electron chi connectivity index (χ1n) is 11.8. The summed E-state index contributed by atoms with van der Waals surface area (Å²) in [7, 11) is 0. The largest absolute Gasteiger partial charge is 0.481 e. The third-order valence-electron chi connectivity index (χ3n) is 6.29. The molecule has 2 N–H and O–H groups in total. The molecule has 1 saturated heterocycles. The zero-order chi connectivity index (χ0) is 25.5. The molecule has 0 bridgehead atoms. The van der Waals surface area contributed by atoms with Crippen molar-refractivity contribution in [3.8, 4) is 11.1 Å². The minimum Gasteiger partial charge on any atom is -0.481 e. The van der Waals surface area contributed by atoms with E-state index in [1.165, 1.54) is 12.1 Å². The number of carbonyl (C=O) groups is 2. The monoisotopic (exact) mass is 514 g/mol. The van der Waals surface area contributed by atoms with Crippen molar-refractivity contribution in [2.75, 3.05) is 39.4 Å². The number of hydrogen-bond donors (Lipinski definition) is 2. The van der Waals surface area contributed by atoms with Gasteiger partial charge in [0.2, 0.25) is 0 Å². The Labute approximate surface area is 213 Å². The highest BCUT2D eigenvalue weighted by atomic mass is 35.5. The Kier molecular flexibility index (Phi) is 8.79. The maximum absolute atomic E-state index is 14.3. The number of amides is 1. The van der Waals surface area contributed by atoms with Gasteiger partial charge >= 0.3 is 5.97 Å². The Morgan fingerprint density at radius 2 is 1.92 bits per heavy atom. The molecule has 2 atom stereocenters. The number of morpholine rings is 1. The standard InChI is InChI=1S/C26H28ClFN4O4/c27-20-5-6-23(28)22(15-20)18-3-1-17(2-4-18)13-21(30-25(33)24-7-8-29-31-24)14-19(26(34)35)16-32-9-11-36-12-10-32/h1-7,15,19,21H,8-14,16H2,(H,30,33)(H,34,35)/t19-,21+/m0/s1. The summed E-state index contributed by atoms with van der Waals surface area (Å²) in [6.07, 6.45) is 2.28. The van der Waals surface area contributed by atoms with Gasteiger partial charge in [-0.2, -0.15) is 10.2 Å². The van der Waals surface area contributed by atoms with Gasteiger partial charge in [0, 0.05) is 36.3 Å². The summed E-state index contributed by atoms with van der Waals surface area (Å²) in [5.41, 5.74) is 2.18. The molecule has 2 heterocycles. The second-order valence-corrected chi connectivity index (χ2v) is 9.33. The number of hydrogen-bond acceptors (Lipinski definition) is 6. The van der Waals surface area contributed by atoms with Crippen LogP contribution in [-0.2, 0) is 20.7 Å². The number of nitrogens with one attached hydrogen (secondary N) is 1. The minimum atomic E-state index is -0.910. The third-order valence-corrected chi connectivity index (χ3v) is 6.52. The molecule has 2 aliphatic heterocycles. The Balaban J connectivity index is 1.50. The molecule has 4 rings (SSSR count). The van der Waals surface area contributed by atoms with E-state index in [4.69, 9.17) is 16.3 Å². The van der Waals surface area contributed by atoms with E-state index in [1.54, 1.807) is 24.3 Å². The van der Waals surface area contributed by atoms with Gasteiger partial charge in [-0.05, 0) is 48.2 Å². The van der Waals surface area contributed by atoms with Crippen LogP contribution in [0.25, 0.3) is 11.1 Å². The van der Waals surface area contributed by atoms with E-state index >= 15 is 0 Å². The Morgan fingerprint density at radius 1 is 1.17 bits per heavy atom. The molecule has 190 valence electrons. The molecule has 36 heavy (non-hydrogen) atoms. The van der Waals surface area contributed by atoms with Crippen molar-refractivity contribution >= 4 is 23.5 Å². The summed E-state index contributed by atoms with van der Waals surface area (Å²) in [6, 6.07) is 11.2. The molecule has 8 nitrogen and oxygen atoms in total. The van der Waals surface area contributed by atoms with E-state index in [0.29, 0.717) is 62.0 Å². The van der Waals surface area contributed by atoms with E-state index in [9.17, 15) is 19.1 Å². The lowest BCUT2D eigenvalue weighted by Gasteiger charge is -2.30. The number of azo groups is 1. The van der Waals surface area contributed by atoms with Crippen LogP contribution in [0.15, 0.2) is 64.5 Å². The van der Waals surface area contributed by atoms with Crippen molar-refractivity contribution in [2.24, 2.45) is 16.1 Å². The van der Waals surface area contributed by atoms with Crippen molar-refractivity contribution in [3.05, 3.63) is 70.6 Å². The molecule has 0 radical (unpaired) electrons. The fourth-order valence-corrected chi connectivity index (χ4v) is 4.56. The van der Waals surface area contributed by atoms with Crippen LogP contribution in [0.2, 0.25) is 5.02 Å². The Morgan fingerprint density at radius 3 is 2.58 bits per heavy atom. The zero-order valence-corrected chi connectivity index (χ0v) is 20.5. The van der Waals surface area contributed by atoms with Crippen molar-refractivity contribution in [1.82, 2.24) is 10.2 Å². The third kappa shape index (κ3) is 6.96. The first-order valence-corrected chi connectivity index (χ1v) is 12.2. The van der Waals surface area contributed by atoms with Gasteiger partial charge in [-0.25, -0.2) is 4.39 Å². The number of ether oxygens (including phenoxy) is 1. The highest BCUT2D eigenvalue weighted by Gasteiger charge is 2.28. The van der Waals surface area contributed by atoms with E-state index in [2.05, 4.69) is 20.4 Å². The molecular formula is C26H28ClFN4O4. The second kappa shape index (κ2) is 12.2. The van der Waals surface area contributed by atoms with Gasteiger partial charge in [-0.15, -0.1) is 0 Å². The quantitative estimate of drug-likeness (QED) is 0.499. The Bertz CT molecular complexity index is 1150. The molecule has 1 amide bonds. The first-order chi connectivity index (χ1) is 17.4. The molecule has 0 aliphatic carbocycles. The van der Waals surface area contributed by atoms with Crippen LogP contribution in [0, 0.1) is 11.7 Å². The van der Waals surface area contributed by atoms with Gasteiger partial charge < -0.3 is 15.2 Å². The highest BCUT2D eigenvalue weighted by Crippen LogP contribution is 2.27. The molecule has 10 heteroatoms. The normalized spacial score (nSPS) is 17.4. The summed E-state index contributed by atoms with van der Waals surface area (Å²) in [5.74, 6) is -2.34. The van der Waals surface area contributed by atoms with Crippen LogP contribution in [0.3, 0.4) is 0 Å². The van der Waals surface area contributed by atoms with Crippen LogP contribution in [0.4, 0.5) is 4.39 Å². The minimum absolute atomic E-state index is 0.229. The van der Waals surface area contributed by atoms with Crippen LogP contribution in [0.1, 0.15) is 12.0 Å². The number of benzene rings is 2. The number of halogens is 2. The average molecular weight is 515 g/mol. The van der Waals surface area contributed by atoms with E-state index < -0.39 is 17.9 Å².